The second-order valence-corrected chi connectivity index (χ2v) is 7.43. The Balaban J connectivity index is 1.96. The van der Waals surface area contributed by atoms with Crippen molar-refractivity contribution in [3.05, 3.63) is 59.1 Å². The maximum atomic E-state index is 12.3. The summed E-state index contributed by atoms with van der Waals surface area (Å²) in [6.45, 7) is 4.65. The molecule has 0 aliphatic carbocycles. The van der Waals surface area contributed by atoms with Gasteiger partial charge in [-0.15, -0.1) is 11.8 Å². The van der Waals surface area contributed by atoms with Gasteiger partial charge in [0.2, 0.25) is 5.91 Å². The molecule has 2 rings (SSSR count). The van der Waals surface area contributed by atoms with E-state index in [9.17, 15) is 9.59 Å². The van der Waals surface area contributed by atoms with E-state index in [1.165, 1.54) is 11.8 Å². The molecule has 2 aromatic rings. The Morgan fingerprint density at radius 2 is 1.76 bits per heavy atom. The lowest BCUT2D eigenvalue weighted by atomic mass is 10.1. The fourth-order valence-electron chi connectivity index (χ4n) is 2.05. The van der Waals surface area contributed by atoms with Crippen LogP contribution in [-0.2, 0) is 4.79 Å². The van der Waals surface area contributed by atoms with Crippen LogP contribution in [0.15, 0.2) is 53.4 Å². The molecule has 0 heterocycles. The third-order valence-electron chi connectivity index (χ3n) is 3.30. The molecule has 0 aromatic heterocycles. The minimum atomic E-state index is -0.185. The van der Waals surface area contributed by atoms with E-state index in [4.69, 9.17) is 11.6 Å². The van der Waals surface area contributed by atoms with Gasteiger partial charge in [0, 0.05) is 16.5 Å². The summed E-state index contributed by atoms with van der Waals surface area (Å²) in [6.07, 6.45) is 0. The summed E-state index contributed by atoms with van der Waals surface area (Å²) >= 11 is 7.26. The predicted octanol–water partition coefficient (Wildman–Crippen LogP) is 4.46. The Morgan fingerprint density at radius 1 is 1.08 bits per heavy atom. The van der Waals surface area contributed by atoms with Gasteiger partial charge in [0.15, 0.2) is 0 Å². The minimum absolute atomic E-state index is 0.163. The van der Waals surface area contributed by atoms with E-state index >= 15 is 0 Å². The van der Waals surface area contributed by atoms with Gasteiger partial charge in [-0.3, -0.25) is 9.59 Å². The van der Waals surface area contributed by atoms with Crippen molar-refractivity contribution in [1.29, 1.82) is 0 Å². The van der Waals surface area contributed by atoms with Crippen LogP contribution in [0, 0.1) is 5.92 Å². The SMILES string of the molecule is CC(C)CNC(=O)c1ccccc1NC(=O)CSc1ccc(Cl)cc1. The number of carbonyl (C=O) groups is 2. The molecule has 0 bridgehead atoms. The van der Waals surface area contributed by atoms with Gasteiger partial charge in [-0.1, -0.05) is 37.6 Å². The summed E-state index contributed by atoms with van der Waals surface area (Å²) in [5.74, 6) is 0.268. The largest absolute Gasteiger partial charge is 0.352 e. The zero-order valence-electron chi connectivity index (χ0n) is 14.2. The van der Waals surface area contributed by atoms with Crippen molar-refractivity contribution in [2.45, 2.75) is 18.7 Å². The number of hydrogen-bond donors (Lipinski definition) is 2. The van der Waals surface area contributed by atoms with Gasteiger partial charge in [0.05, 0.1) is 17.0 Å². The molecule has 0 spiro atoms. The van der Waals surface area contributed by atoms with E-state index in [1.54, 1.807) is 36.4 Å². The van der Waals surface area contributed by atoms with E-state index in [1.807, 2.05) is 26.0 Å². The van der Waals surface area contributed by atoms with Crippen LogP contribution in [0.25, 0.3) is 0 Å². The number of halogens is 1. The lowest BCUT2D eigenvalue weighted by Crippen LogP contribution is -2.28. The standard InChI is InChI=1S/C19H21ClN2O2S/c1-13(2)11-21-19(24)16-5-3-4-6-17(16)22-18(23)12-25-15-9-7-14(20)8-10-15/h3-10,13H,11-12H2,1-2H3,(H,21,24)(H,22,23). The number of rotatable bonds is 7. The number of para-hydroxylation sites is 1. The van der Waals surface area contributed by atoms with Crippen LogP contribution in [-0.4, -0.2) is 24.1 Å². The van der Waals surface area contributed by atoms with Gasteiger partial charge in [-0.05, 0) is 42.3 Å². The van der Waals surface area contributed by atoms with Crippen LogP contribution >= 0.6 is 23.4 Å². The van der Waals surface area contributed by atoms with Crippen molar-refractivity contribution in [1.82, 2.24) is 5.32 Å². The van der Waals surface area contributed by atoms with Crippen molar-refractivity contribution in [2.24, 2.45) is 5.92 Å². The third-order valence-corrected chi connectivity index (χ3v) is 4.56. The number of anilines is 1. The molecule has 0 saturated heterocycles. The molecule has 0 aliphatic rings. The molecule has 0 atom stereocenters. The molecule has 0 saturated carbocycles. The Labute approximate surface area is 157 Å². The third kappa shape index (κ3) is 6.44. The number of amides is 2. The van der Waals surface area contributed by atoms with E-state index in [0.717, 1.165) is 4.90 Å². The molecule has 132 valence electrons. The molecule has 0 unspecified atom stereocenters. The first kappa shape index (κ1) is 19.3. The van der Waals surface area contributed by atoms with Crippen molar-refractivity contribution in [3.8, 4) is 0 Å². The molecule has 2 aromatic carbocycles. The first-order chi connectivity index (χ1) is 12.0. The second kappa shape index (κ2) is 9.49. The van der Waals surface area contributed by atoms with Crippen LogP contribution in [0.4, 0.5) is 5.69 Å². The van der Waals surface area contributed by atoms with Gasteiger partial charge in [-0.2, -0.15) is 0 Å². The van der Waals surface area contributed by atoms with Crippen LogP contribution in [0.5, 0.6) is 0 Å². The van der Waals surface area contributed by atoms with Gasteiger partial charge < -0.3 is 10.6 Å². The fourth-order valence-corrected chi connectivity index (χ4v) is 2.87. The number of nitrogens with one attached hydrogen (secondary N) is 2. The number of carbonyl (C=O) groups excluding carboxylic acids is 2. The van der Waals surface area contributed by atoms with E-state index < -0.39 is 0 Å². The van der Waals surface area contributed by atoms with Gasteiger partial charge >= 0.3 is 0 Å². The van der Waals surface area contributed by atoms with E-state index in [2.05, 4.69) is 10.6 Å². The summed E-state index contributed by atoms with van der Waals surface area (Å²) in [6, 6.07) is 14.3. The number of benzene rings is 2. The average molecular weight is 377 g/mol. The molecule has 2 amide bonds. The molecule has 2 N–H and O–H groups in total. The highest BCUT2D eigenvalue weighted by Gasteiger charge is 2.13. The average Bonchev–Trinajstić information content (AvgIpc) is 2.59. The zero-order valence-corrected chi connectivity index (χ0v) is 15.8. The summed E-state index contributed by atoms with van der Waals surface area (Å²) in [4.78, 5) is 25.4. The summed E-state index contributed by atoms with van der Waals surface area (Å²) in [5.41, 5.74) is 0.985. The highest BCUT2D eigenvalue weighted by Crippen LogP contribution is 2.21. The van der Waals surface area contributed by atoms with E-state index in [-0.39, 0.29) is 17.6 Å². The highest BCUT2D eigenvalue weighted by atomic mass is 35.5. The Hall–Kier alpha value is -1.98. The smallest absolute Gasteiger partial charge is 0.253 e. The highest BCUT2D eigenvalue weighted by molar-refractivity contribution is 8.00. The first-order valence-electron chi connectivity index (χ1n) is 8.01. The van der Waals surface area contributed by atoms with Gasteiger partial charge in [-0.25, -0.2) is 0 Å². The molecular formula is C19H21ClN2O2S. The van der Waals surface area contributed by atoms with Crippen LogP contribution in [0.1, 0.15) is 24.2 Å². The lowest BCUT2D eigenvalue weighted by Gasteiger charge is -2.12. The predicted molar refractivity (Wildman–Crippen MR) is 104 cm³/mol. The summed E-state index contributed by atoms with van der Waals surface area (Å²) in [7, 11) is 0. The quantitative estimate of drug-likeness (QED) is 0.701. The Bertz CT molecular complexity index is 732. The minimum Gasteiger partial charge on any atom is -0.352 e. The Morgan fingerprint density at radius 3 is 2.44 bits per heavy atom. The van der Waals surface area contributed by atoms with Crippen LogP contribution in [0.3, 0.4) is 0 Å². The molecule has 4 nitrogen and oxygen atoms in total. The van der Waals surface area contributed by atoms with E-state index in [0.29, 0.717) is 28.7 Å². The molecule has 0 radical (unpaired) electrons. The summed E-state index contributed by atoms with van der Waals surface area (Å²) < 4.78 is 0. The molecule has 25 heavy (non-hydrogen) atoms. The maximum absolute atomic E-state index is 12.3. The Kier molecular flexibility index (Phi) is 7.34. The van der Waals surface area contributed by atoms with Crippen molar-refractivity contribution in [2.75, 3.05) is 17.6 Å². The van der Waals surface area contributed by atoms with Gasteiger partial charge in [0.1, 0.15) is 0 Å². The number of thioether (sulfide) groups is 1. The van der Waals surface area contributed by atoms with Crippen molar-refractivity contribution >= 4 is 40.9 Å². The monoisotopic (exact) mass is 376 g/mol. The topological polar surface area (TPSA) is 58.2 Å². The van der Waals surface area contributed by atoms with Crippen molar-refractivity contribution < 1.29 is 9.59 Å². The normalized spacial score (nSPS) is 10.6. The van der Waals surface area contributed by atoms with Crippen LogP contribution < -0.4 is 10.6 Å². The lowest BCUT2D eigenvalue weighted by molar-refractivity contribution is -0.113. The van der Waals surface area contributed by atoms with Crippen LogP contribution in [0.2, 0.25) is 5.02 Å². The molecule has 0 aliphatic heterocycles. The van der Waals surface area contributed by atoms with Gasteiger partial charge in [0.25, 0.3) is 5.91 Å². The fraction of sp³-hybridized carbons (Fsp3) is 0.263. The first-order valence-corrected chi connectivity index (χ1v) is 9.37. The summed E-state index contributed by atoms with van der Waals surface area (Å²) in [5, 5.41) is 6.34. The molecule has 6 heteroatoms. The second-order valence-electron chi connectivity index (χ2n) is 5.94. The van der Waals surface area contributed by atoms with Crippen molar-refractivity contribution in [3.63, 3.8) is 0 Å². The zero-order chi connectivity index (χ0) is 18.2. The molecular weight excluding hydrogens is 356 g/mol. The molecule has 0 fully saturated rings. The number of hydrogen-bond acceptors (Lipinski definition) is 3. The maximum Gasteiger partial charge on any atom is 0.253 e.